The highest BCUT2D eigenvalue weighted by molar-refractivity contribution is 7.16. The molecule has 3 aromatic heterocycles. The van der Waals surface area contributed by atoms with E-state index in [9.17, 15) is 4.79 Å². The number of thiophene rings is 1. The normalized spacial score (nSPS) is 15.0. The summed E-state index contributed by atoms with van der Waals surface area (Å²) >= 11 is 1.55. The molecular formula is C18H17N7OS. The fraction of sp³-hybridized carbons (Fsp3) is 0.222. The molecule has 1 amide bonds. The van der Waals surface area contributed by atoms with Gasteiger partial charge >= 0.3 is 0 Å². The first-order chi connectivity index (χ1) is 13.2. The van der Waals surface area contributed by atoms with Crippen molar-refractivity contribution in [2.24, 2.45) is 0 Å². The fourth-order valence-corrected chi connectivity index (χ4v) is 4.19. The number of aromatic nitrogens is 4. The SMILES string of the molecule is Nc1nc(N2CCN(C(=O)c3nc4ccccc4[nH]3)CC2)c2ccsc2n1. The number of nitrogens with one attached hydrogen (secondary N) is 1. The summed E-state index contributed by atoms with van der Waals surface area (Å²) in [6.45, 7) is 2.58. The van der Waals surface area contributed by atoms with Crippen LogP contribution in [-0.4, -0.2) is 56.9 Å². The molecule has 0 bridgehead atoms. The van der Waals surface area contributed by atoms with Crippen molar-refractivity contribution in [2.75, 3.05) is 36.8 Å². The van der Waals surface area contributed by atoms with E-state index in [0.717, 1.165) is 27.1 Å². The predicted molar refractivity (Wildman–Crippen MR) is 106 cm³/mol. The van der Waals surface area contributed by atoms with Crippen LogP contribution in [0.2, 0.25) is 0 Å². The quantitative estimate of drug-likeness (QED) is 0.553. The summed E-state index contributed by atoms with van der Waals surface area (Å²) in [5.74, 6) is 1.43. The number of imidazole rings is 1. The molecule has 8 nitrogen and oxygen atoms in total. The summed E-state index contributed by atoms with van der Waals surface area (Å²) in [4.78, 5) is 33.9. The Bertz CT molecular complexity index is 1110. The second-order valence-electron chi connectivity index (χ2n) is 6.43. The number of fused-ring (bicyclic) bond motifs is 2. The molecule has 0 radical (unpaired) electrons. The lowest BCUT2D eigenvalue weighted by molar-refractivity contribution is 0.0736. The number of nitrogens with zero attached hydrogens (tertiary/aromatic N) is 5. The van der Waals surface area contributed by atoms with Crippen LogP contribution in [0.4, 0.5) is 11.8 Å². The highest BCUT2D eigenvalue weighted by atomic mass is 32.1. The van der Waals surface area contributed by atoms with Gasteiger partial charge in [-0.2, -0.15) is 4.98 Å². The van der Waals surface area contributed by atoms with Gasteiger partial charge in [-0.3, -0.25) is 4.79 Å². The molecule has 0 atom stereocenters. The van der Waals surface area contributed by atoms with E-state index >= 15 is 0 Å². The number of hydrogen-bond acceptors (Lipinski definition) is 7. The maximum absolute atomic E-state index is 12.8. The van der Waals surface area contributed by atoms with Crippen LogP contribution in [0.15, 0.2) is 35.7 Å². The third-order valence-corrected chi connectivity index (χ3v) is 5.59. The van der Waals surface area contributed by atoms with E-state index in [4.69, 9.17) is 5.73 Å². The van der Waals surface area contributed by atoms with Crippen LogP contribution in [0.5, 0.6) is 0 Å². The summed E-state index contributed by atoms with van der Waals surface area (Å²) in [5.41, 5.74) is 7.53. The second kappa shape index (κ2) is 6.20. The number of anilines is 2. The van der Waals surface area contributed by atoms with Crippen LogP contribution in [0.1, 0.15) is 10.6 Å². The highest BCUT2D eigenvalue weighted by Crippen LogP contribution is 2.29. The lowest BCUT2D eigenvalue weighted by atomic mass is 10.2. The van der Waals surface area contributed by atoms with E-state index in [1.807, 2.05) is 40.6 Å². The van der Waals surface area contributed by atoms with E-state index < -0.39 is 0 Å². The number of para-hydroxylation sites is 2. The first kappa shape index (κ1) is 16.0. The van der Waals surface area contributed by atoms with E-state index in [1.165, 1.54) is 0 Å². The summed E-state index contributed by atoms with van der Waals surface area (Å²) in [6, 6.07) is 9.66. The average molecular weight is 379 g/mol. The van der Waals surface area contributed by atoms with E-state index in [-0.39, 0.29) is 11.9 Å². The first-order valence-electron chi connectivity index (χ1n) is 8.69. The summed E-state index contributed by atoms with van der Waals surface area (Å²) in [6.07, 6.45) is 0. The molecule has 9 heteroatoms. The third kappa shape index (κ3) is 2.76. The Kier molecular flexibility index (Phi) is 3.68. The Hall–Kier alpha value is -3.20. The largest absolute Gasteiger partial charge is 0.368 e. The van der Waals surface area contributed by atoms with Crippen molar-refractivity contribution in [1.82, 2.24) is 24.8 Å². The third-order valence-electron chi connectivity index (χ3n) is 4.78. The molecule has 5 rings (SSSR count). The molecule has 3 N–H and O–H groups in total. The molecule has 1 saturated heterocycles. The Balaban J connectivity index is 1.35. The number of rotatable bonds is 2. The van der Waals surface area contributed by atoms with Crippen molar-refractivity contribution in [2.45, 2.75) is 0 Å². The van der Waals surface area contributed by atoms with Gasteiger partial charge in [0, 0.05) is 26.2 Å². The summed E-state index contributed by atoms with van der Waals surface area (Å²) < 4.78 is 0. The van der Waals surface area contributed by atoms with Gasteiger partial charge in [-0.25, -0.2) is 9.97 Å². The predicted octanol–water partition coefficient (Wildman–Crippen LogP) is 2.11. The van der Waals surface area contributed by atoms with Crippen molar-refractivity contribution in [3.63, 3.8) is 0 Å². The van der Waals surface area contributed by atoms with Gasteiger partial charge in [0.1, 0.15) is 10.6 Å². The average Bonchev–Trinajstić information content (AvgIpc) is 3.33. The standard InChI is InChI=1S/C18H17N7OS/c19-18-22-15(11-5-10-27-16(11)23-18)24-6-8-25(9-7-24)17(26)14-20-12-3-1-2-4-13(12)21-14/h1-5,10H,6-9H2,(H,20,21)(H2,19,22,23). The zero-order chi connectivity index (χ0) is 18.4. The lowest BCUT2D eigenvalue weighted by Crippen LogP contribution is -2.49. The zero-order valence-electron chi connectivity index (χ0n) is 14.4. The van der Waals surface area contributed by atoms with Gasteiger partial charge in [0.15, 0.2) is 5.82 Å². The van der Waals surface area contributed by atoms with Gasteiger partial charge in [0.25, 0.3) is 5.91 Å². The maximum Gasteiger partial charge on any atom is 0.289 e. The number of benzene rings is 1. The summed E-state index contributed by atoms with van der Waals surface area (Å²) in [5, 5.41) is 3.00. The van der Waals surface area contributed by atoms with Gasteiger partial charge in [-0.15, -0.1) is 11.3 Å². The van der Waals surface area contributed by atoms with Crippen LogP contribution in [0, 0.1) is 0 Å². The molecule has 136 valence electrons. The molecule has 0 unspecified atom stereocenters. The van der Waals surface area contributed by atoms with E-state index in [2.05, 4.69) is 24.8 Å². The molecule has 0 aliphatic carbocycles. The van der Waals surface area contributed by atoms with Gasteiger partial charge < -0.3 is 20.5 Å². The number of hydrogen-bond donors (Lipinski definition) is 2. The number of nitrogens with two attached hydrogens (primary N) is 1. The molecule has 27 heavy (non-hydrogen) atoms. The van der Waals surface area contributed by atoms with Gasteiger partial charge in [0.05, 0.1) is 16.4 Å². The smallest absolute Gasteiger partial charge is 0.289 e. The molecule has 4 heterocycles. The number of carbonyl (C=O) groups is 1. The van der Waals surface area contributed by atoms with Crippen molar-refractivity contribution in [3.8, 4) is 0 Å². The molecule has 1 fully saturated rings. The minimum absolute atomic E-state index is 0.0752. The number of H-pyrrole nitrogens is 1. The van der Waals surface area contributed by atoms with E-state index in [1.54, 1.807) is 11.3 Å². The topological polar surface area (TPSA) is 104 Å². The summed E-state index contributed by atoms with van der Waals surface area (Å²) in [7, 11) is 0. The fourth-order valence-electron chi connectivity index (χ4n) is 3.42. The molecular weight excluding hydrogens is 362 g/mol. The van der Waals surface area contributed by atoms with Crippen molar-refractivity contribution in [1.29, 1.82) is 0 Å². The second-order valence-corrected chi connectivity index (χ2v) is 7.32. The highest BCUT2D eigenvalue weighted by Gasteiger charge is 2.26. The van der Waals surface area contributed by atoms with Crippen molar-refractivity contribution in [3.05, 3.63) is 41.5 Å². The Morgan fingerprint density at radius 3 is 2.70 bits per heavy atom. The minimum Gasteiger partial charge on any atom is -0.368 e. The number of aromatic amines is 1. The zero-order valence-corrected chi connectivity index (χ0v) is 15.2. The molecule has 1 aromatic carbocycles. The minimum atomic E-state index is -0.0752. The van der Waals surface area contributed by atoms with Crippen LogP contribution in [0.25, 0.3) is 21.3 Å². The van der Waals surface area contributed by atoms with Gasteiger partial charge in [-0.1, -0.05) is 12.1 Å². The van der Waals surface area contributed by atoms with Crippen LogP contribution in [0.3, 0.4) is 0 Å². The van der Waals surface area contributed by atoms with Crippen LogP contribution < -0.4 is 10.6 Å². The number of piperazine rings is 1. The van der Waals surface area contributed by atoms with Gasteiger partial charge in [0.2, 0.25) is 5.95 Å². The molecule has 1 aliphatic heterocycles. The molecule has 4 aromatic rings. The van der Waals surface area contributed by atoms with Crippen LogP contribution >= 0.6 is 11.3 Å². The lowest BCUT2D eigenvalue weighted by Gasteiger charge is -2.35. The van der Waals surface area contributed by atoms with Gasteiger partial charge in [-0.05, 0) is 23.6 Å². The van der Waals surface area contributed by atoms with Crippen LogP contribution in [-0.2, 0) is 0 Å². The molecule has 0 saturated carbocycles. The maximum atomic E-state index is 12.8. The molecule has 1 aliphatic rings. The van der Waals surface area contributed by atoms with Crippen molar-refractivity contribution >= 4 is 50.3 Å². The number of carbonyl (C=O) groups excluding carboxylic acids is 1. The Morgan fingerprint density at radius 1 is 1.07 bits per heavy atom. The number of amides is 1. The Morgan fingerprint density at radius 2 is 1.89 bits per heavy atom. The monoisotopic (exact) mass is 379 g/mol. The first-order valence-corrected chi connectivity index (χ1v) is 9.57. The molecule has 0 spiro atoms. The Labute approximate surface area is 158 Å². The van der Waals surface area contributed by atoms with E-state index in [0.29, 0.717) is 32.0 Å². The number of nitrogen functional groups attached to an aromatic ring is 1. The van der Waals surface area contributed by atoms with Crippen molar-refractivity contribution < 1.29 is 4.79 Å².